The lowest BCUT2D eigenvalue weighted by atomic mass is 9.94. The minimum atomic E-state index is -0.0418. The number of ether oxygens (including phenoxy) is 1. The number of methoxy groups -OCH3 is 1. The van der Waals surface area contributed by atoms with Gasteiger partial charge < -0.3 is 4.74 Å². The molecule has 0 bridgehead atoms. The molecule has 96 valence electrons. The summed E-state index contributed by atoms with van der Waals surface area (Å²) in [6, 6.07) is 10.1. The lowest BCUT2D eigenvalue weighted by molar-refractivity contribution is -0.0527. The van der Waals surface area contributed by atoms with Gasteiger partial charge in [-0.05, 0) is 37.9 Å². The predicted octanol–water partition coefficient (Wildman–Crippen LogP) is 2.56. The van der Waals surface area contributed by atoms with Crippen LogP contribution in [-0.4, -0.2) is 30.7 Å². The third-order valence-corrected chi connectivity index (χ3v) is 3.76. The van der Waals surface area contributed by atoms with Crippen LogP contribution in [0.2, 0.25) is 0 Å². The van der Waals surface area contributed by atoms with Crippen LogP contribution in [0, 0.1) is 11.3 Å². The standard InChI is InChI=1S/C15H20N2O/c1-15(18-2)8-5-9-17(12-15)11-14-7-4-3-6-13(14)10-16/h3-4,6-7H,5,8-9,11-12H2,1-2H3. The van der Waals surface area contributed by atoms with Gasteiger partial charge in [-0.3, -0.25) is 4.90 Å². The molecule has 1 aliphatic rings. The van der Waals surface area contributed by atoms with E-state index in [1.54, 1.807) is 7.11 Å². The van der Waals surface area contributed by atoms with E-state index >= 15 is 0 Å². The zero-order valence-electron chi connectivity index (χ0n) is 11.1. The first-order valence-electron chi connectivity index (χ1n) is 6.42. The lowest BCUT2D eigenvalue weighted by Gasteiger charge is -2.39. The Balaban J connectivity index is 2.08. The summed E-state index contributed by atoms with van der Waals surface area (Å²) in [4.78, 5) is 2.38. The molecule has 1 saturated heterocycles. The van der Waals surface area contributed by atoms with Crippen LogP contribution in [0.3, 0.4) is 0 Å². The quantitative estimate of drug-likeness (QED) is 0.820. The first-order valence-corrected chi connectivity index (χ1v) is 6.42. The van der Waals surface area contributed by atoms with E-state index in [1.165, 1.54) is 0 Å². The van der Waals surface area contributed by atoms with E-state index < -0.39 is 0 Å². The van der Waals surface area contributed by atoms with Gasteiger partial charge >= 0.3 is 0 Å². The van der Waals surface area contributed by atoms with Crippen LogP contribution < -0.4 is 0 Å². The summed E-state index contributed by atoms with van der Waals surface area (Å²) in [5.74, 6) is 0. The number of piperidine rings is 1. The molecule has 1 unspecified atom stereocenters. The summed E-state index contributed by atoms with van der Waals surface area (Å²) in [7, 11) is 1.78. The normalized spacial score (nSPS) is 24.7. The van der Waals surface area contributed by atoms with Gasteiger partial charge in [0.2, 0.25) is 0 Å². The molecule has 0 radical (unpaired) electrons. The zero-order valence-corrected chi connectivity index (χ0v) is 11.1. The van der Waals surface area contributed by atoms with E-state index in [1.807, 2.05) is 24.3 Å². The smallest absolute Gasteiger partial charge is 0.0995 e. The van der Waals surface area contributed by atoms with Crippen LogP contribution >= 0.6 is 0 Å². The summed E-state index contributed by atoms with van der Waals surface area (Å²) in [6.07, 6.45) is 2.26. The van der Waals surface area contributed by atoms with Gasteiger partial charge in [0, 0.05) is 20.2 Å². The molecule has 1 atom stereocenters. The van der Waals surface area contributed by atoms with Crippen molar-refractivity contribution in [2.45, 2.75) is 31.9 Å². The SMILES string of the molecule is COC1(C)CCCN(Cc2ccccc2C#N)C1. The second-order valence-corrected chi connectivity index (χ2v) is 5.24. The largest absolute Gasteiger partial charge is 0.377 e. The second kappa shape index (κ2) is 5.51. The Morgan fingerprint density at radius 3 is 2.94 bits per heavy atom. The maximum absolute atomic E-state index is 9.10. The number of hydrogen-bond donors (Lipinski definition) is 0. The highest BCUT2D eigenvalue weighted by atomic mass is 16.5. The van der Waals surface area contributed by atoms with Crippen molar-refractivity contribution in [3.05, 3.63) is 35.4 Å². The highest BCUT2D eigenvalue weighted by molar-refractivity contribution is 5.37. The van der Waals surface area contributed by atoms with Gasteiger partial charge in [-0.2, -0.15) is 5.26 Å². The minimum absolute atomic E-state index is 0.0418. The van der Waals surface area contributed by atoms with Crippen molar-refractivity contribution >= 4 is 0 Å². The molecule has 0 spiro atoms. The second-order valence-electron chi connectivity index (χ2n) is 5.24. The molecule has 1 heterocycles. The highest BCUT2D eigenvalue weighted by Gasteiger charge is 2.30. The van der Waals surface area contributed by atoms with E-state index in [-0.39, 0.29) is 5.60 Å². The van der Waals surface area contributed by atoms with Crippen molar-refractivity contribution < 1.29 is 4.74 Å². The molecule has 2 rings (SSSR count). The molecule has 0 saturated carbocycles. The van der Waals surface area contributed by atoms with Crippen molar-refractivity contribution in [1.29, 1.82) is 5.26 Å². The molecule has 1 aromatic carbocycles. The topological polar surface area (TPSA) is 36.3 Å². The molecule has 1 aromatic rings. The molecule has 0 aliphatic carbocycles. The Kier molecular flexibility index (Phi) is 4.00. The Morgan fingerprint density at radius 1 is 1.44 bits per heavy atom. The van der Waals surface area contributed by atoms with Crippen molar-refractivity contribution in [1.82, 2.24) is 4.90 Å². The summed E-state index contributed by atoms with van der Waals surface area (Å²) >= 11 is 0. The van der Waals surface area contributed by atoms with Gasteiger partial charge in [-0.1, -0.05) is 18.2 Å². The van der Waals surface area contributed by atoms with E-state index in [0.717, 1.165) is 43.6 Å². The molecule has 0 N–H and O–H groups in total. The van der Waals surface area contributed by atoms with Crippen molar-refractivity contribution in [2.75, 3.05) is 20.2 Å². The van der Waals surface area contributed by atoms with Crippen LogP contribution in [0.15, 0.2) is 24.3 Å². The fraction of sp³-hybridized carbons (Fsp3) is 0.533. The number of likely N-dealkylation sites (tertiary alicyclic amines) is 1. The molecule has 0 aromatic heterocycles. The van der Waals surface area contributed by atoms with Crippen molar-refractivity contribution in [3.8, 4) is 6.07 Å². The molecule has 1 fully saturated rings. The number of rotatable bonds is 3. The molecule has 18 heavy (non-hydrogen) atoms. The molecular weight excluding hydrogens is 224 g/mol. The third kappa shape index (κ3) is 2.90. The monoisotopic (exact) mass is 244 g/mol. The summed E-state index contributed by atoms with van der Waals surface area (Å²) in [5.41, 5.74) is 1.85. The van der Waals surface area contributed by atoms with E-state index in [0.29, 0.717) is 0 Å². The molecule has 0 amide bonds. The summed E-state index contributed by atoms with van der Waals surface area (Å²) < 4.78 is 5.60. The molecular formula is C15H20N2O. The van der Waals surface area contributed by atoms with Crippen molar-refractivity contribution in [2.24, 2.45) is 0 Å². The Hall–Kier alpha value is -1.37. The van der Waals surface area contributed by atoms with Crippen LogP contribution in [0.5, 0.6) is 0 Å². The fourth-order valence-corrected chi connectivity index (χ4v) is 2.62. The first-order chi connectivity index (χ1) is 8.67. The van der Waals surface area contributed by atoms with Gasteiger partial charge in [-0.25, -0.2) is 0 Å². The Labute approximate surface area is 109 Å². The van der Waals surface area contributed by atoms with Gasteiger partial charge in [0.25, 0.3) is 0 Å². The van der Waals surface area contributed by atoms with E-state index in [4.69, 9.17) is 10.00 Å². The van der Waals surface area contributed by atoms with Crippen LogP contribution in [0.25, 0.3) is 0 Å². The predicted molar refractivity (Wildman–Crippen MR) is 71.1 cm³/mol. The van der Waals surface area contributed by atoms with E-state index in [9.17, 15) is 0 Å². The summed E-state index contributed by atoms with van der Waals surface area (Å²) in [5, 5.41) is 9.10. The number of nitriles is 1. The Bertz CT molecular complexity index is 452. The fourth-order valence-electron chi connectivity index (χ4n) is 2.62. The van der Waals surface area contributed by atoms with E-state index in [2.05, 4.69) is 17.9 Å². The van der Waals surface area contributed by atoms with Gasteiger partial charge in [0.15, 0.2) is 0 Å². The molecule has 1 aliphatic heterocycles. The van der Waals surface area contributed by atoms with Gasteiger partial charge in [-0.15, -0.1) is 0 Å². The number of hydrogen-bond acceptors (Lipinski definition) is 3. The molecule has 3 nitrogen and oxygen atoms in total. The number of nitrogens with zero attached hydrogens (tertiary/aromatic N) is 2. The summed E-state index contributed by atoms with van der Waals surface area (Å²) in [6.45, 7) is 5.01. The van der Waals surface area contributed by atoms with Crippen LogP contribution in [0.4, 0.5) is 0 Å². The maximum atomic E-state index is 9.10. The Morgan fingerprint density at radius 2 is 2.22 bits per heavy atom. The lowest BCUT2D eigenvalue weighted by Crippen LogP contribution is -2.46. The number of benzene rings is 1. The average molecular weight is 244 g/mol. The maximum Gasteiger partial charge on any atom is 0.0995 e. The van der Waals surface area contributed by atoms with Gasteiger partial charge in [0.1, 0.15) is 0 Å². The molecule has 3 heteroatoms. The van der Waals surface area contributed by atoms with Crippen molar-refractivity contribution in [3.63, 3.8) is 0 Å². The highest BCUT2D eigenvalue weighted by Crippen LogP contribution is 2.25. The van der Waals surface area contributed by atoms with Crippen LogP contribution in [0.1, 0.15) is 30.9 Å². The minimum Gasteiger partial charge on any atom is -0.377 e. The van der Waals surface area contributed by atoms with Crippen LogP contribution in [-0.2, 0) is 11.3 Å². The third-order valence-electron chi connectivity index (χ3n) is 3.76. The first kappa shape index (κ1) is 13.1. The average Bonchev–Trinajstić information content (AvgIpc) is 2.39. The zero-order chi connectivity index (χ0) is 13.0. The van der Waals surface area contributed by atoms with Gasteiger partial charge in [0.05, 0.1) is 17.2 Å².